The molecule has 3 nitrogen and oxygen atoms in total. The maximum Gasteiger partial charge on any atom is 0.334 e. The van der Waals surface area contributed by atoms with Gasteiger partial charge in [0.15, 0.2) is 0 Å². The van der Waals surface area contributed by atoms with Crippen molar-refractivity contribution in [1.29, 1.82) is 0 Å². The zero-order chi connectivity index (χ0) is 11.2. The fraction of sp³-hybridized carbons (Fsp3) is 0.700. The third-order valence-corrected chi connectivity index (χ3v) is 2.82. The summed E-state index contributed by atoms with van der Waals surface area (Å²) in [7, 11) is 0. The summed E-state index contributed by atoms with van der Waals surface area (Å²) in [6.07, 6.45) is 0. The second-order valence-corrected chi connectivity index (χ2v) is 4.79. The molecule has 0 aromatic heterocycles. The average molecular weight is 217 g/mol. The Kier molecular flexibility index (Phi) is 5.88. The maximum atomic E-state index is 11.1. The molecule has 2 N–H and O–H groups in total. The molecule has 0 fully saturated rings. The van der Waals surface area contributed by atoms with E-state index in [1.54, 1.807) is 18.7 Å². The Morgan fingerprint density at radius 1 is 1.57 bits per heavy atom. The molecule has 0 heterocycles. The highest BCUT2D eigenvalue weighted by Gasteiger charge is 2.12. The van der Waals surface area contributed by atoms with Gasteiger partial charge in [0.2, 0.25) is 0 Å². The summed E-state index contributed by atoms with van der Waals surface area (Å²) in [5.41, 5.74) is 6.08. The molecular weight excluding hydrogens is 198 g/mol. The lowest BCUT2D eigenvalue weighted by Gasteiger charge is -2.17. The SMILES string of the molecule is C=C(CSCC(C)(C)N)C(=O)OCC. The van der Waals surface area contributed by atoms with Crippen LogP contribution in [-0.2, 0) is 9.53 Å². The summed E-state index contributed by atoms with van der Waals surface area (Å²) in [6.45, 7) is 9.73. The van der Waals surface area contributed by atoms with Gasteiger partial charge in [-0.25, -0.2) is 4.79 Å². The molecule has 4 heteroatoms. The van der Waals surface area contributed by atoms with Crippen LogP contribution >= 0.6 is 11.8 Å². The van der Waals surface area contributed by atoms with E-state index in [0.717, 1.165) is 5.75 Å². The molecule has 0 rings (SSSR count). The highest BCUT2D eigenvalue weighted by Crippen LogP contribution is 2.13. The molecule has 0 spiro atoms. The van der Waals surface area contributed by atoms with Crippen LogP contribution in [-0.4, -0.2) is 29.6 Å². The number of carbonyl (C=O) groups excluding carboxylic acids is 1. The number of ether oxygens (including phenoxy) is 1. The van der Waals surface area contributed by atoms with E-state index in [-0.39, 0.29) is 11.5 Å². The van der Waals surface area contributed by atoms with Gasteiger partial charge in [0.1, 0.15) is 0 Å². The molecule has 0 aliphatic heterocycles. The monoisotopic (exact) mass is 217 g/mol. The molecule has 0 atom stereocenters. The maximum absolute atomic E-state index is 11.1. The number of rotatable bonds is 6. The van der Waals surface area contributed by atoms with Crippen molar-refractivity contribution in [2.24, 2.45) is 5.73 Å². The lowest BCUT2D eigenvalue weighted by atomic mass is 10.1. The smallest absolute Gasteiger partial charge is 0.334 e. The van der Waals surface area contributed by atoms with Crippen LogP contribution < -0.4 is 5.73 Å². The topological polar surface area (TPSA) is 52.3 Å². The van der Waals surface area contributed by atoms with Crippen LogP contribution in [0.15, 0.2) is 12.2 Å². The van der Waals surface area contributed by atoms with Crippen LogP contribution in [0.4, 0.5) is 0 Å². The summed E-state index contributed by atoms with van der Waals surface area (Å²) >= 11 is 1.60. The molecule has 14 heavy (non-hydrogen) atoms. The highest BCUT2D eigenvalue weighted by molar-refractivity contribution is 7.99. The predicted molar refractivity (Wildman–Crippen MR) is 61.4 cm³/mol. The molecule has 0 aliphatic rings. The van der Waals surface area contributed by atoms with Crippen LogP contribution in [0.1, 0.15) is 20.8 Å². The van der Waals surface area contributed by atoms with Crippen molar-refractivity contribution >= 4 is 17.7 Å². The zero-order valence-corrected chi connectivity index (χ0v) is 9.95. The summed E-state index contributed by atoms with van der Waals surface area (Å²) in [4.78, 5) is 11.1. The first-order valence-electron chi connectivity index (χ1n) is 4.58. The van der Waals surface area contributed by atoms with Gasteiger partial charge in [-0.05, 0) is 20.8 Å². The van der Waals surface area contributed by atoms with Gasteiger partial charge in [-0.15, -0.1) is 0 Å². The molecule has 0 amide bonds. The second-order valence-electron chi connectivity index (χ2n) is 3.81. The number of esters is 1. The molecule has 82 valence electrons. The molecule has 0 aromatic rings. The van der Waals surface area contributed by atoms with Crippen LogP contribution in [0.2, 0.25) is 0 Å². The summed E-state index contributed by atoms with van der Waals surface area (Å²) in [5.74, 6) is 1.07. The van der Waals surface area contributed by atoms with Crippen molar-refractivity contribution in [3.8, 4) is 0 Å². The van der Waals surface area contributed by atoms with Crippen molar-refractivity contribution in [3.05, 3.63) is 12.2 Å². The number of carbonyl (C=O) groups is 1. The van der Waals surface area contributed by atoms with Gasteiger partial charge in [0, 0.05) is 22.6 Å². The Balaban J connectivity index is 3.70. The van der Waals surface area contributed by atoms with Gasteiger partial charge in [-0.1, -0.05) is 6.58 Å². The fourth-order valence-electron chi connectivity index (χ4n) is 0.729. The predicted octanol–water partition coefficient (Wildman–Crippen LogP) is 1.58. The number of nitrogens with two attached hydrogens (primary N) is 1. The average Bonchev–Trinajstić information content (AvgIpc) is 2.02. The quantitative estimate of drug-likeness (QED) is 0.542. The highest BCUT2D eigenvalue weighted by atomic mass is 32.2. The minimum absolute atomic E-state index is 0.209. The van der Waals surface area contributed by atoms with E-state index in [2.05, 4.69) is 6.58 Å². The molecule has 0 bridgehead atoms. The first kappa shape index (κ1) is 13.5. The molecule has 0 aromatic carbocycles. The summed E-state index contributed by atoms with van der Waals surface area (Å²) in [5, 5.41) is 0. The molecule has 0 aliphatic carbocycles. The second kappa shape index (κ2) is 6.09. The molecule has 0 saturated heterocycles. The third kappa shape index (κ3) is 6.97. The molecular formula is C10H19NO2S. The minimum atomic E-state index is -0.310. The van der Waals surface area contributed by atoms with Gasteiger partial charge >= 0.3 is 5.97 Å². The standard InChI is InChI=1S/C10H19NO2S/c1-5-13-9(12)8(2)6-14-7-10(3,4)11/h2,5-7,11H2,1,3-4H3. The van der Waals surface area contributed by atoms with E-state index in [1.807, 2.05) is 13.8 Å². The Hall–Kier alpha value is -0.480. The van der Waals surface area contributed by atoms with Gasteiger partial charge < -0.3 is 10.5 Å². The number of hydrogen-bond donors (Lipinski definition) is 1. The Bertz CT molecular complexity index is 209. The third-order valence-electron chi connectivity index (χ3n) is 1.31. The first-order chi connectivity index (χ1) is 6.37. The van der Waals surface area contributed by atoms with Gasteiger partial charge in [-0.3, -0.25) is 0 Å². The fourth-order valence-corrected chi connectivity index (χ4v) is 1.72. The number of hydrogen-bond acceptors (Lipinski definition) is 4. The van der Waals surface area contributed by atoms with Crippen molar-refractivity contribution in [3.63, 3.8) is 0 Å². The van der Waals surface area contributed by atoms with Gasteiger partial charge in [0.25, 0.3) is 0 Å². The largest absolute Gasteiger partial charge is 0.463 e. The molecule has 0 radical (unpaired) electrons. The summed E-state index contributed by atoms with van der Waals surface area (Å²) < 4.78 is 4.80. The first-order valence-corrected chi connectivity index (χ1v) is 5.74. The Morgan fingerprint density at radius 3 is 2.57 bits per heavy atom. The van der Waals surface area contributed by atoms with E-state index < -0.39 is 0 Å². The van der Waals surface area contributed by atoms with Crippen LogP contribution in [0.3, 0.4) is 0 Å². The van der Waals surface area contributed by atoms with Crippen LogP contribution in [0, 0.1) is 0 Å². The normalized spacial score (nSPS) is 11.1. The van der Waals surface area contributed by atoms with Crippen molar-refractivity contribution < 1.29 is 9.53 Å². The molecule has 0 unspecified atom stereocenters. The van der Waals surface area contributed by atoms with Gasteiger partial charge in [-0.2, -0.15) is 11.8 Å². The van der Waals surface area contributed by atoms with E-state index >= 15 is 0 Å². The Labute approximate surface area is 90.1 Å². The van der Waals surface area contributed by atoms with E-state index in [4.69, 9.17) is 10.5 Å². The van der Waals surface area contributed by atoms with Gasteiger partial charge in [0.05, 0.1) is 6.61 Å². The lowest BCUT2D eigenvalue weighted by molar-refractivity contribution is -0.138. The van der Waals surface area contributed by atoms with Crippen LogP contribution in [0.25, 0.3) is 0 Å². The van der Waals surface area contributed by atoms with Crippen molar-refractivity contribution in [1.82, 2.24) is 0 Å². The van der Waals surface area contributed by atoms with Crippen LogP contribution in [0.5, 0.6) is 0 Å². The summed E-state index contributed by atoms with van der Waals surface area (Å²) in [6, 6.07) is 0. The molecule has 0 saturated carbocycles. The Morgan fingerprint density at radius 2 is 2.14 bits per heavy atom. The van der Waals surface area contributed by atoms with E-state index in [9.17, 15) is 4.79 Å². The van der Waals surface area contributed by atoms with E-state index in [1.165, 1.54) is 0 Å². The van der Waals surface area contributed by atoms with Crippen molar-refractivity contribution in [2.75, 3.05) is 18.1 Å². The van der Waals surface area contributed by atoms with Crippen molar-refractivity contribution in [2.45, 2.75) is 26.3 Å². The van der Waals surface area contributed by atoms with E-state index in [0.29, 0.717) is 17.9 Å². The lowest BCUT2D eigenvalue weighted by Crippen LogP contribution is -2.34. The number of thioether (sulfide) groups is 1. The minimum Gasteiger partial charge on any atom is -0.463 e. The zero-order valence-electron chi connectivity index (χ0n) is 9.13.